The molecular formula is C11H23B. The van der Waals surface area contributed by atoms with Crippen molar-refractivity contribution in [3.8, 4) is 0 Å². The SMILES string of the molecule is CCB(CC)C(CC)=C(C)CC. The average molecular weight is 166 g/mol. The maximum atomic E-state index is 2.30. The Labute approximate surface area is 78.5 Å². The molecule has 0 fully saturated rings. The number of hydrogen-bond donors (Lipinski definition) is 0. The predicted molar refractivity (Wildman–Crippen MR) is 60.0 cm³/mol. The van der Waals surface area contributed by atoms with E-state index in [1.165, 1.54) is 25.5 Å². The summed E-state index contributed by atoms with van der Waals surface area (Å²) in [5, 5.41) is 0. The minimum atomic E-state index is 0.843. The van der Waals surface area contributed by atoms with Crippen LogP contribution in [0, 0.1) is 0 Å². The summed E-state index contributed by atoms with van der Waals surface area (Å²) in [6, 6.07) is 0. The van der Waals surface area contributed by atoms with Crippen LogP contribution in [0.2, 0.25) is 12.6 Å². The van der Waals surface area contributed by atoms with Crippen molar-refractivity contribution >= 4 is 6.71 Å². The van der Waals surface area contributed by atoms with Gasteiger partial charge in [-0.15, -0.1) is 5.47 Å². The third-order valence-corrected chi connectivity index (χ3v) is 2.94. The first kappa shape index (κ1) is 11.8. The Kier molecular flexibility index (Phi) is 6.23. The Hall–Kier alpha value is -0.195. The van der Waals surface area contributed by atoms with Crippen molar-refractivity contribution in [2.45, 2.75) is 60.1 Å². The van der Waals surface area contributed by atoms with Crippen LogP contribution < -0.4 is 0 Å². The summed E-state index contributed by atoms with van der Waals surface area (Å²) >= 11 is 0. The lowest BCUT2D eigenvalue weighted by atomic mass is 9.39. The fraction of sp³-hybridized carbons (Fsp3) is 0.818. The molecule has 0 atom stereocenters. The van der Waals surface area contributed by atoms with E-state index in [1.807, 2.05) is 0 Å². The second kappa shape index (κ2) is 6.34. The van der Waals surface area contributed by atoms with E-state index >= 15 is 0 Å². The van der Waals surface area contributed by atoms with Crippen LogP contribution in [0.3, 0.4) is 0 Å². The van der Waals surface area contributed by atoms with Gasteiger partial charge in [0.05, 0.1) is 0 Å². The standard InChI is InChI=1S/C11H23B/c1-6-10(5)11(7-2)12(8-3)9-4/h6-9H2,1-5H3. The predicted octanol–water partition coefficient (Wildman–Crippen LogP) is 4.20. The lowest BCUT2D eigenvalue weighted by molar-refractivity contribution is 1.02. The minimum Gasteiger partial charge on any atom is -0.102 e. The molecule has 0 aromatic rings. The topological polar surface area (TPSA) is 0 Å². The van der Waals surface area contributed by atoms with Crippen molar-refractivity contribution in [3.63, 3.8) is 0 Å². The van der Waals surface area contributed by atoms with Crippen molar-refractivity contribution in [1.82, 2.24) is 0 Å². The first-order chi connectivity index (χ1) is 5.71. The zero-order valence-corrected chi connectivity index (χ0v) is 9.41. The van der Waals surface area contributed by atoms with E-state index < -0.39 is 0 Å². The molecule has 0 spiro atoms. The van der Waals surface area contributed by atoms with Crippen molar-refractivity contribution in [3.05, 3.63) is 11.0 Å². The van der Waals surface area contributed by atoms with Crippen LogP contribution in [0.15, 0.2) is 11.0 Å². The molecule has 0 aliphatic rings. The Morgan fingerprint density at radius 3 is 1.67 bits per heavy atom. The van der Waals surface area contributed by atoms with Crippen LogP contribution in [0.25, 0.3) is 0 Å². The molecule has 0 N–H and O–H groups in total. The van der Waals surface area contributed by atoms with Gasteiger partial charge >= 0.3 is 0 Å². The van der Waals surface area contributed by atoms with Gasteiger partial charge in [-0.3, -0.25) is 0 Å². The van der Waals surface area contributed by atoms with Crippen LogP contribution in [0.5, 0.6) is 0 Å². The molecule has 1 heteroatoms. The summed E-state index contributed by atoms with van der Waals surface area (Å²) in [6.07, 6.45) is 5.07. The highest BCUT2D eigenvalue weighted by molar-refractivity contribution is 6.66. The van der Waals surface area contributed by atoms with Crippen molar-refractivity contribution in [2.75, 3.05) is 0 Å². The third kappa shape index (κ3) is 3.04. The molecule has 0 aliphatic carbocycles. The van der Waals surface area contributed by atoms with Gasteiger partial charge in [-0.2, -0.15) is 0 Å². The fourth-order valence-corrected chi connectivity index (χ4v) is 1.95. The zero-order valence-electron chi connectivity index (χ0n) is 9.41. The van der Waals surface area contributed by atoms with E-state index in [1.54, 1.807) is 11.0 Å². The molecule has 0 bridgehead atoms. The van der Waals surface area contributed by atoms with Crippen LogP contribution in [0.1, 0.15) is 47.5 Å². The molecular weight excluding hydrogens is 143 g/mol. The van der Waals surface area contributed by atoms with Crippen molar-refractivity contribution in [1.29, 1.82) is 0 Å². The summed E-state index contributed by atoms with van der Waals surface area (Å²) in [4.78, 5) is 0. The number of allylic oxidation sites excluding steroid dienone is 2. The van der Waals surface area contributed by atoms with Gasteiger partial charge in [0, 0.05) is 0 Å². The van der Waals surface area contributed by atoms with E-state index in [0.29, 0.717) is 0 Å². The molecule has 0 heterocycles. The van der Waals surface area contributed by atoms with Crippen LogP contribution in [0.4, 0.5) is 0 Å². The van der Waals surface area contributed by atoms with Gasteiger partial charge in [-0.1, -0.05) is 45.9 Å². The zero-order chi connectivity index (χ0) is 9.56. The summed E-state index contributed by atoms with van der Waals surface area (Å²) in [7, 11) is 0. The quantitative estimate of drug-likeness (QED) is 0.537. The molecule has 0 saturated carbocycles. The molecule has 0 amide bonds. The van der Waals surface area contributed by atoms with Gasteiger partial charge in [0.2, 0.25) is 0 Å². The Bertz CT molecular complexity index is 143. The summed E-state index contributed by atoms with van der Waals surface area (Å²) in [5.74, 6) is 0. The van der Waals surface area contributed by atoms with Crippen LogP contribution in [-0.4, -0.2) is 6.71 Å². The average Bonchev–Trinajstić information content (AvgIpc) is 2.12. The summed E-state index contributed by atoms with van der Waals surface area (Å²) in [6.45, 7) is 12.3. The van der Waals surface area contributed by atoms with Gasteiger partial charge in [0.1, 0.15) is 0 Å². The fourth-order valence-electron chi connectivity index (χ4n) is 1.95. The monoisotopic (exact) mass is 166 g/mol. The lowest BCUT2D eigenvalue weighted by Gasteiger charge is -2.15. The Morgan fingerprint density at radius 2 is 1.42 bits per heavy atom. The highest BCUT2D eigenvalue weighted by Gasteiger charge is 2.14. The van der Waals surface area contributed by atoms with Crippen molar-refractivity contribution < 1.29 is 0 Å². The van der Waals surface area contributed by atoms with Gasteiger partial charge in [-0.25, -0.2) is 0 Å². The molecule has 0 radical (unpaired) electrons. The maximum Gasteiger partial charge on any atom is 0.169 e. The molecule has 0 unspecified atom stereocenters. The second-order valence-electron chi connectivity index (χ2n) is 3.53. The molecule has 0 nitrogen and oxygen atoms in total. The highest BCUT2D eigenvalue weighted by atomic mass is 14.0. The smallest absolute Gasteiger partial charge is 0.102 e. The van der Waals surface area contributed by atoms with Gasteiger partial charge in [-0.05, 0) is 19.8 Å². The number of hydrogen-bond acceptors (Lipinski definition) is 0. The molecule has 0 aromatic carbocycles. The van der Waals surface area contributed by atoms with Gasteiger partial charge in [0.15, 0.2) is 6.71 Å². The summed E-state index contributed by atoms with van der Waals surface area (Å²) in [5.41, 5.74) is 3.33. The van der Waals surface area contributed by atoms with E-state index in [0.717, 1.165) is 6.71 Å². The largest absolute Gasteiger partial charge is 0.169 e. The first-order valence-electron chi connectivity index (χ1n) is 5.39. The Morgan fingerprint density at radius 1 is 0.917 bits per heavy atom. The number of rotatable bonds is 5. The molecule has 0 aliphatic heterocycles. The van der Waals surface area contributed by atoms with E-state index in [4.69, 9.17) is 0 Å². The maximum absolute atomic E-state index is 2.30. The highest BCUT2D eigenvalue weighted by Crippen LogP contribution is 2.19. The van der Waals surface area contributed by atoms with Gasteiger partial charge < -0.3 is 0 Å². The molecule has 0 rings (SSSR count). The summed E-state index contributed by atoms with van der Waals surface area (Å²) < 4.78 is 0. The van der Waals surface area contributed by atoms with E-state index in [9.17, 15) is 0 Å². The second-order valence-corrected chi connectivity index (χ2v) is 3.53. The Balaban J connectivity index is 4.50. The molecule has 0 saturated heterocycles. The molecule has 0 aromatic heterocycles. The lowest BCUT2D eigenvalue weighted by Crippen LogP contribution is -2.14. The minimum absolute atomic E-state index is 0.843. The molecule has 70 valence electrons. The van der Waals surface area contributed by atoms with E-state index in [-0.39, 0.29) is 0 Å². The molecule has 12 heavy (non-hydrogen) atoms. The first-order valence-corrected chi connectivity index (χ1v) is 5.39. The van der Waals surface area contributed by atoms with Crippen molar-refractivity contribution in [2.24, 2.45) is 0 Å². The van der Waals surface area contributed by atoms with Gasteiger partial charge in [0.25, 0.3) is 0 Å². The normalized spacial score (nSPS) is 12.8. The van der Waals surface area contributed by atoms with E-state index in [2.05, 4.69) is 34.6 Å². The van der Waals surface area contributed by atoms with Crippen LogP contribution >= 0.6 is 0 Å². The van der Waals surface area contributed by atoms with Crippen LogP contribution in [-0.2, 0) is 0 Å². The third-order valence-electron chi connectivity index (χ3n) is 2.94.